The fourth-order valence-electron chi connectivity index (χ4n) is 1.77. The monoisotopic (exact) mass is 234 g/mol. The minimum Gasteiger partial charge on any atom is -0.444 e. The summed E-state index contributed by atoms with van der Waals surface area (Å²) >= 11 is 0. The molecule has 0 saturated carbocycles. The number of rotatable bonds is 4. The molecule has 2 rings (SSSR count). The van der Waals surface area contributed by atoms with Crippen molar-refractivity contribution in [3.63, 3.8) is 0 Å². The van der Waals surface area contributed by atoms with Crippen molar-refractivity contribution in [2.45, 2.75) is 33.4 Å². The van der Waals surface area contributed by atoms with Gasteiger partial charge in [0.15, 0.2) is 0 Å². The second kappa shape index (κ2) is 4.71. The number of hydrogen-bond donors (Lipinski definition) is 1. The first kappa shape index (κ1) is 11.9. The maximum Gasteiger partial charge on any atom is 0.208 e. The molecule has 2 aromatic heterocycles. The van der Waals surface area contributed by atoms with Gasteiger partial charge in [-0.15, -0.1) is 0 Å². The molecule has 2 aromatic rings. The van der Waals surface area contributed by atoms with Crippen LogP contribution in [-0.2, 0) is 13.6 Å². The molecule has 0 fully saturated rings. The molecule has 0 aromatic carbocycles. The lowest BCUT2D eigenvalue weighted by molar-refractivity contribution is 0.425. The molecule has 0 bridgehead atoms. The molecule has 0 saturated heterocycles. The number of nitrogens with one attached hydrogen (secondary N) is 1. The molecular formula is C12H18N4O. The summed E-state index contributed by atoms with van der Waals surface area (Å²) in [6.07, 6.45) is 1.80. The fraction of sp³-hybridized carbons (Fsp3) is 0.500. The standard InChI is InChI=1S/C12H18N4O/c1-8-10(3)17-12(15-8)7-13-9(2)11-5-6-14-16(11)4/h5-6,9,13H,7H2,1-4H3. The first-order valence-electron chi connectivity index (χ1n) is 5.72. The van der Waals surface area contributed by atoms with Crippen LogP contribution in [0.5, 0.6) is 0 Å². The summed E-state index contributed by atoms with van der Waals surface area (Å²) in [5, 5.41) is 7.51. The summed E-state index contributed by atoms with van der Waals surface area (Å²) < 4.78 is 7.38. The lowest BCUT2D eigenvalue weighted by Gasteiger charge is -2.12. The smallest absolute Gasteiger partial charge is 0.208 e. The number of aromatic nitrogens is 3. The fourth-order valence-corrected chi connectivity index (χ4v) is 1.77. The molecule has 5 heteroatoms. The maximum absolute atomic E-state index is 5.52. The van der Waals surface area contributed by atoms with Crippen molar-refractivity contribution in [1.29, 1.82) is 0 Å². The maximum atomic E-state index is 5.52. The third kappa shape index (κ3) is 2.55. The molecule has 1 N–H and O–H groups in total. The highest BCUT2D eigenvalue weighted by Gasteiger charge is 2.11. The SMILES string of the molecule is Cc1nc(CNC(C)c2ccnn2C)oc1C. The van der Waals surface area contributed by atoms with Gasteiger partial charge in [-0.2, -0.15) is 5.10 Å². The Balaban J connectivity index is 1.97. The number of hydrogen-bond acceptors (Lipinski definition) is 4. The van der Waals surface area contributed by atoms with Gasteiger partial charge in [-0.1, -0.05) is 0 Å². The van der Waals surface area contributed by atoms with Crippen molar-refractivity contribution >= 4 is 0 Å². The van der Waals surface area contributed by atoms with E-state index < -0.39 is 0 Å². The Labute approximate surface area is 101 Å². The number of nitrogens with zero attached hydrogens (tertiary/aromatic N) is 3. The number of oxazole rings is 1. The normalized spacial score (nSPS) is 12.9. The van der Waals surface area contributed by atoms with Gasteiger partial charge >= 0.3 is 0 Å². The lowest BCUT2D eigenvalue weighted by atomic mass is 10.2. The second-order valence-corrected chi connectivity index (χ2v) is 4.23. The summed E-state index contributed by atoms with van der Waals surface area (Å²) in [6.45, 7) is 6.60. The average Bonchev–Trinajstić information content (AvgIpc) is 2.83. The van der Waals surface area contributed by atoms with Gasteiger partial charge < -0.3 is 9.73 Å². The molecule has 5 nitrogen and oxygen atoms in total. The van der Waals surface area contributed by atoms with Crippen LogP contribution in [0.2, 0.25) is 0 Å². The predicted molar refractivity (Wildman–Crippen MR) is 64.4 cm³/mol. The molecule has 92 valence electrons. The second-order valence-electron chi connectivity index (χ2n) is 4.23. The van der Waals surface area contributed by atoms with Gasteiger partial charge in [-0.3, -0.25) is 4.68 Å². The van der Waals surface area contributed by atoms with Crippen molar-refractivity contribution < 1.29 is 4.42 Å². The van der Waals surface area contributed by atoms with Gasteiger partial charge in [0.25, 0.3) is 0 Å². The molecule has 1 unspecified atom stereocenters. The summed E-state index contributed by atoms with van der Waals surface area (Å²) in [6, 6.07) is 2.22. The van der Waals surface area contributed by atoms with Gasteiger partial charge in [-0.25, -0.2) is 4.98 Å². The van der Waals surface area contributed by atoms with Crippen LogP contribution in [0.25, 0.3) is 0 Å². The minimum absolute atomic E-state index is 0.218. The van der Waals surface area contributed by atoms with Gasteiger partial charge in [0, 0.05) is 19.3 Å². The van der Waals surface area contributed by atoms with Crippen LogP contribution in [0, 0.1) is 13.8 Å². The molecule has 0 spiro atoms. The average molecular weight is 234 g/mol. The summed E-state index contributed by atoms with van der Waals surface area (Å²) in [7, 11) is 1.94. The van der Waals surface area contributed by atoms with Crippen molar-refractivity contribution in [1.82, 2.24) is 20.1 Å². The topological polar surface area (TPSA) is 55.9 Å². The third-order valence-corrected chi connectivity index (χ3v) is 2.93. The summed E-state index contributed by atoms with van der Waals surface area (Å²) in [5.41, 5.74) is 2.10. The Hall–Kier alpha value is -1.62. The predicted octanol–water partition coefficient (Wildman–Crippen LogP) is 1.88. The zero-order chi connectivity index (χ0) is 12.4. The van der Waals surface area contributed by atoms with E-state index in [2.05, 4.69) is 22.3 Å². The quantitative estimate of drug-likeness (QED) is 0.877. The summed E-state index contributed by atoms with van der Waals surface area (Å²) in [4.78, 5) is 4.33. The van der Waals surface area contributed by atoms with E-state index in [1.165, 1.54) is 0 Å². The highest BCUT2D eigenvalue weighted by molar-refractivity contribution is 5.07. The van der Waals surface area contributed by atoms with Crippen LogP contribution in [0.3, 0.4) is 0 Å². The zero-order valence-electron chi connectivity index (χ0n) is 10.7. The van der Waals surface area contributed by atoms with Gasteiger partial charge in [-0.05, 0) is 26.8 Å². The summed E-state index contributed by atoms with van der Waals surface area (Å²) in [5.74, 6) is 1.61. The highest BCUT2D eigenvalue weighted by atomic mass is 16.4. The largest absolute Gasteiger partial charge is 0.444 e. The van der Waals surface area contributed by atoms with Crippen LogP contribution in [0.15, 0.2) is 16.7 Å². The zero-order valence-corrected chi connectivity index (χ0v) is 10.7. The Morgan fingerprint density at radius 3 is 2.76 bits per heavy atom. The van der Waals surface area contributed by atoms with E-state index in [0.29, 0.717) is 6.54 Å². The van der Waals surface area contributed by atoms with Crippen molar-refractivity contribution in [3.8, 4) is 0 Å². The molecule has 2 heterocycles. The van der Waals surface area contributed by atoms with E-state index in [4.69, 9.17) is 4.42 Å². The lowest BCUT2D eigenvalue weighted by Crippen LogP contribution is -2.20. The van der Waals surface area contributed by atoms with E-state index in [1.807, 2.05) is 31.6 Å². The Morgan fingerprint density at radius 1 is 1.47 bits per heavy atom. The molecule has 0 aliphatic carbocycles. The van der Waals surface area contributed by atoms with Gasteiger partial charge in [0.2, 0.25) is 5.89 Å². The van der Waals surface area contributed by atoms with Crippen LogP contribution in [-0.4, -0.2) is 14.8 Å². The van der Waals surface area contributed by atoms with Gasteiger partial charge in [0.1, 0.15) is 5.76 Å². The Bertz CT molecular complexity index is 481. The molecule has 0 aliphatic rings. The third-order valence-electron chi connectivity index (χ3n) is 2.93. The van der Waals surface area contributed by atoms with E-state index in [-0.39, 0.29) is 6.04 Å². The van der Waals surface area contributed by atoms with E-state index in [0.717, 1.165) is 23.0 Å². The van der Waals surface area contributed by atoms with Crippen molar-refractivity contribution in [2.75, 3.05) is 0 Å². The van der Waals surface area contributed by atoms with Crippen LogP contribution in [0.4, 0.5) is 0 Å². The molecule has 17 heavy (non-hydrogen) atoms. The molecule has 0 amide bonds. The minimum atomic E-state index is 0.218. The number of aryl methyl sites for hydroxylation is 3. The Kier molecular flexibility index (Phi) is 3.28. The van der Waals surface area contributed by atoms with Crippen molar-refractivity contribution in [2.24, 2.45) is 7.05 Å². The first-order valence-corrected chi connectivity index (χ1v) is 5.72. The van der Waals surface area contributed by atoms with Crippen LogP contribution in [0.1, 0.15) is 36.0 Å². The van der Waals surface area contributed by atoms with Crippen LogP contribution < -0.4 is 5.32 Å². The van der Waals surface area contributed by atoms with Crippen molar-refractivity contribution in [3.05, 3.63) is 35.3 Å². The van der Waals surface area contributed by atoms with Gasteiger partial charge in [0.05, 0.1) is 17.9 Å². The molecular weight excluding hydrogens is 216 g/mol. The molecule has 0 aliphatic heterocycles. The van der Waals surface area contributed by atoms with E-state index in [9.17, 15) is 0 Å². The first-order chi connectivity index (χ1) is 8.08. The highest BCUT2D eigenvalue weighted by Crippen LogP contribution is 2.12. The van der Waals surface area contributed by atoms with E-state index in [1.54, 1.807) is 6.20 Å². The molecule has 1 atom stereocenters. The Morgan fingerprint density at radius 2 is 2.24 bits per heavy atom. The van der Waals surface area contributed by atoms with Crippen LogP contribution >= 0.6 is 0 Å². The van der Waals surface area contributed by atoms with E-state index >= 15 is 0 Å². The molecule has 0 radical (unpaired) electrons.